The highest BCUT2D eigenvalue weighted by molar-refractivity contribution is 5.83. The Morgan fingerprint density at radius 1 is 0.905 bits per heavy atom. The van der Waals surface area contributed by atoms with Crippen molar-refractivity contribution in [3.8, 4) is 5.75 Å². The molecule has 0 aliphatic carbocycles. The topological polar surface area (TPSA) is 35.2 Å². The number of nitrogens with two attached hydrogens (primary N) is 1. The number of methoxy groups -OCH3 is 1. The second kappa shape index (κ2) is 5.58. The molecule has 0 saturated carbocycles. The van der Waals surface area contributed by atoms with Crippen LogP contribution >= 0.6 is 0 Å². The lowest BCUT2D eigenvalue weighted by Gasteiger charge is -2.17. The molecule has 21 heavy (non-hydrogen) atoms. The minimum Gasteiger partial charge on any atom is -0.496 e. The summed E-state index contributed by atoms with van der Waals surface area (Å²) in [6.45, 7) is 2.05. The Morgan fingerprint density at radius 3 is 2.43 bits per heavy atom. The Bertz CT molecular complexity index is 779. The second-order valence-corrected chi connectivity index (χ2v) is 5.33. The maximum atomic E-state index is 6.45. The molecule has 0 bridgehead atoms. The van der Waals surface area contributed by atoms with Gasteiger partial charge in [0.1, 0.15) is 5.75 Å². The molecule has 1 unspecified atom stereocenters. The molecular weight excluding hydrogens is 258 g/mol. The first-order valence-electron chi connectivity index (χ1n) is 7.08. The molecule has 0 fully saturated rings. The van der Waals surface area contributed by atoms with Crippen LogP contribution in [-0.2, 0) is 0 Å². The van der Waals surface area contributed by atoms with E-state index in [0.29, 0.717) is 0 Å². The van der Waals surface area contributed by atoms with Crippen molar-refractivity contribution in [3.63, 3.8) is 0 Å². The molecule has 2 N–H and O–H groups in total. The fourth-order valence-electron chi connectivity index (χ4n) is 2.66. The number of ether oxygens (including phenoxy) is 1. The Labute approximate surface area is 125 Å². The van der Waals surface area contributed by atoms with E-state index in [0.717, 1.165) is 16.9 Å². The van der Waals surface area contributed by atoms with Gasteiger partial charge in [-0.1, -0.05) is 48.5 Å². The molecule has 0 heterocycles. The summed E-state index contributed by atoms with van der Waals surface area (Å²) in [6, 6.07) is 20.6. The summed E-state index contributed by atoms with van der Waals surface area (Å²) in [5, 5.41) is 2.43. The molecule has 0 aliphatic rings. The quantitative estimate of drug-likeness (QED) is 0.778. The minimum absolute atomic E-state index is 0.190. The van der Waals surface area contributed by atoms with Gasteiger partial charge in [0.2, 0.25) is 0 Å². The zero-order chi connectivity index (χ0) is 14.8. The van der Waals surface area contributed by atoms with Crippen LogP contribution < -0.4 is 10.5 Å². The van der Waals surface area contributed by atoms with Crippen molar-refractivity contribution >= 4 is 10.8 Å². The van der Waals surface area contributed by atoms with E-state index < -0.39 is 0 Å². The van der Waals surface area contributed by atoms with Crippen molar-refractivity contribution < 1.29 is 4.74 Å². The highest BCUT2D eigenvalue weighted by atomic mass is 16.5. The van der Waals surface area contributed by atoms with E-state index in [1.165, 1.54) is 16.3 Å². The maximum absolute atomic E-state index is 6.45. The molecule has 0 saturated heterocycles. The molecule has 0 spiro atoms. The second-order valence-electron chi connectivity index (χ2n) is 5.33. The lowest BCUT2D eigenvalue weighted by molar-refractivity contribution is 0.407. The van der Waals surface area contributed by atoms with Crippen LogP contribution in [0.25, 0.3) is 10.8 Å². The Balaban J connectivity index is 2.05. The molecular formula is C19H19NO. The van der Waals surface area contributed by atoms with Gasteiger partial charge in [-0.2, -0.15) is 0 Å². The number of hydrogen-bond donors (Lipinski definition) is 1. The number of benzene rings is 3. The van der Waals surface area contributed by atoms with Gasteiger partial charge < -0.3 is 10.5 Å². The Hall–Kier alpha value is -2.32. The third-order valence-electron chi connectivity index (χ3n) is 3.86. The van der Waals surface area contributed by atoms with Gasteiger partial charge >= 0.3 is 0 Å². The smallest absolute Gasteiger partial charge is 0.124 e. The highest BCUT2D eigenvalue weighted by Gasteiger charge is 2.14. The summed E-state index contributed by atoms with van der Waals surface area (Å²) in [4.78, 5) is 0. The summed E-state index contributed by atoms with van der Waals surface area (Å²) in [5.74, 6) is 0.843. The van der Waals surface area contributed by atoms with Gasteiger partial charge in [-0.25, -0.2) is 0 Å². The van der Waals surface area contributed by atoms with Crippen molar-refractivity contribution in [1.29, 1.82) is 0 Å². The fourth-order valence-corrected chi connectivity index (χ4v) is 2.66. The van der Waals surface area contributed by atoms with Gasteiger partial charge in [0, 0.05) is 5.56 Å². The standard InChI is InChI=1S/C19H19NO/c1-13-7-10-17(18(11-13)21-2)19(20)16-9-8-14-5-3-4-6-15(14)12-16/h3-12,19H,20H2,1-2H3. The van der Waals surface area contributed by atoms with E-state index in [1.807, 2.05) is 31.2 Å². The van der Waals surface area contributed by atoms with Crippen molar-refractivity contribution in [2.45, 2.75) is 13.0 Å². The summed E-state index contributed by atoms with van der Waals surface area (Å²) in [6.07, 6.45) is 0. The van der Waals surface area contributed by atoms with Crippen LogP contribution in [0.3, 0.4) is 0 Å². The van der Waals surface area contributed by atoms with E-state index >= 15 is 0 Å². The zero-order valence-electron chi connectivity index (χ0n) is 12.3. The molecule has 0 aromatic heterocycles. The van der Waals surface area contributed by atoms with Crippen LogP contribution in [0, 0.1) is 6.92 Å². The van der Waals surface area contributed by atoms with Crippen LogP contribution in [0.5, 0.6) is 5.75 Å². The van der Waals surface area contributed by atoms with E-state index in [4.69, 9.17) is 10.5 Å². The largest absolute Gasteiger partial charge is 0.496 e. The maximum Gasteiger partial charge on any atom is 0.124 e. The third-order valence-corrected chi connectivity index (χ3v) is 3.86. The lowest BCUT2D eigenvalue weighted by atomic mass is 9.95. The summed E-state index contributed by atoms with van der Waals surface area (Å²) >= 11 is 0. The van der Waals surface area contributed by atoms with Crippen LogP contribution in [0.4, 0.5) is 0 Å². The van der Waals surface area contributed by atoms with Gasteiger partial charge in [-0.15, -0.1) is 0 Å². The molecule has 0 amide bonds. The molecule has 0 radical (unpaired) electrons. The van der Waals surface area contributed by atoms with E-state index in [9.17, 15) is 0 Å². The Kier molecular flexibility index (Phi) is 3.63. The molecule has 0 aliphatic heterocycles. The number of hydrogen-bond acceptors (Lipinski definition) is 2. The molecule has 3 aromatic rings. The van der Waals surface area contributed by atoms with Crippen LogP contribution in [0.15, 0.2) is 60.7 Å². The first-order chi connectivity index (χ1) is 10.2. The fraction of sp³-hybridized carbons (Fsp3) is 0.158. The molecule has 106 valence electrons. The predicted octanol–water partition coefficient (Wildman–Crippen LogP) is 4.20. The SMILES string of the molecule is COc1cc(C)ccc1C(N)c1ccc2ccccc2c1. The minimum atomic E-state index is -0.190. The van der Waals surface area contributed by atoms with E-state index in [-0.39, 0.29) is 6.04 Å². The predicted molar refractivity (Wildman–Crippen MR) is 87.7 cm³/mol. The van der Waals surface area contributed by atoms with Crippen molar-refractivity contribution in [3.05, 3.63) is 77.4 Å². The van der Waals surface area contributed by atoms with Gasteiger partial charge in [0.05, 0.1) is 13.2 Å². The monoisotopic (exact) mass is 277 g/mol. The molecule has 3 aromatic carbocycles. The normalized spacial score (nSPS) is 12.3. The molecule has 3 rings (SSSR count). The third kappa shape index (κ3) is 2.63. The zero-order valence-corrected chi connectivity index (χ0v) is 12.3. The van der Waals surface area contributed by atoms with E-state index in [1.54, 1.807) is 7.11 Å². The van der Waals surface area contributed by atoms with Gasteiger partial charge in [-0.3, -0.25) is 0 Å². The van der Waals surface area contributed by atoms with Crippen LogP contribution in [-0.4, -0.2) is 7.11 Å². The number of rotatable bonds is 3. The van der Waals surface area contributed by atoms with Gasteiger partial charge in [0.15, 0.2) is 0 Å². The molecule has 1 atom stereocenters. The Morgan fingerprint density at radius 2 is 1.67 bits per heavy atom. The van der Waals surface area contributed by atoms with E-state index in [2.05, 4.69) is 36.4 Å². The first kappa shape index (κ1) is 13.7. The average molecular weight is 277 g/mol. The summed E-state index contributed by atoms with van der Waals surface area (Å²) in [5.41, 5.74) is 9.73. The summed E-state index contributed by atoms with van der Waals surface area (Å²) < 4.78 is 5.48. The first-order valence-corrected chi connectivity index (χ1v) is 7.08. The number of aryl methyl sites for hydroxylation is 1. The van der Waals surface area contributed by atoms with Gasteiger partial charge in [-0.05, 0) is 41.0 Å². The molecule has 2 heteroatoms. The summed E-state index contributed by atoms with van der Waals surface area (Å²) in [7, 11) is 1.69. The van der Waals surface area contributed by atoms with Crippen molar-refractivity contribution in [1.82, 2.24) is 0 Å². The van der Waals surface area contributed by atoms with Gasteiger partial charge in [0.25, 0.3) is 0 Å². The average Bonchev–Trinajstić information content (AvgIpc) is 2.53. The number of fused-ring (bicyclic) bond motifs is 1. The molecule has 2 nitrogen and oxygen atoms in total. The van der Waals surface area contributed by atoms with Crippen molar-refractivity contribution in [2.24, 2.45) is 5.73 Å². The van der Waals surface area contributed by atoms with Crippen LogP contribution in [0.1, 0.15) is 22.7 Å². The van der Waals surface area contributed by atoms with Crippen molar-refractivity contribution in [2.75, 3.05) is 7.11 Å². The lowest BCUT2D eigenvalue weighted by Crippen LogP contribution is -2.13. The highest BCUT2D eigenvalue weighted by Crippen LogP contribution is 2.30. The van der Waals surface area contributed by atoms with Crippen LogP contribution in [0.2, 0.25) is 0 Å².